The van der Waals surface area contributed by atoms with Gasteiger partial charge in [-0.25, -0.2) is 0 Å². The Morgan fingerprint density at radius 2 is 2.05 bits per heavy atom. The zero-order valence-corrected chi connectivity index (χ0v) is 13.3. The molecular formula is C18H25N3O. The fourth-order valence-electron chi connectivity index (χ4n) is 3.62. The van der Waals surface area contributed by atoms with Crippen LogP contribution in [0.4, 0.5) is 0 Å². The predicted molar refractivity (Wildman–Crippen MR) is 90.4 cm³/mol. The minimum absolute atomic E-state index is 0.0333. The molecule has 1 aromatic heterocycles. The van der Waals surface area contributed by atoms with Crippen molar-refractivity contribution in [2.45, 2.75) is 45.4 Å². The SMILES string of the molecule is CCCc1c(C(=O)NCC2CCCC2)n(N)c2ccccc12. The average Bonchev–Trinajstić information content (AvgIpc) is 3.14. The van der Waals surface area contributed by atoms with E-state index in [4.69, 9.17) is 5.84 Å². The van der Waals surface area contributed by atoms with Gasteiger partial charge in [0.25, 0.3) is 5.91 Å². The zero-order chi connectivity index (χ0) is 15.5. The highest BCUT2D eigenvalue weighted by Crippen LogP contribution is 2.27. The largest absolute Gasteiger partial charge is 0.350 e. The lowest BCUT2D eigenvalue weighted by atomic mass is 10.0. The summed E-state index contributed by atoms with van der Waals surface area (Å²) in [5.74, 6) is 6.81. The Kier molecular flexibility index (Phi) is 4.36. The number of aryl methyl sites for hydroxylation is 1. The van der Waals surface area contributed by atoms with Gasteiger partial charge in [0.05, 0.1) is 5.52 Å². The maximum Gasteiger partial charge on any atom is 0.270 e. The summed E-state index contributed by atoms with van der Waals surface area (Å²) < 4.78 is 1.56. The number of nitrogen functional groups attached to an aromatic ring is 1. The van der Waals surface area contributed by atoms with Crippen LogP contribution in [0.15, 0.2) is 24.3 Å². The number of benzene rings is 1. The summed E-state index contributed by atoms with van der Waals surface area (Å²) in [6.07, 6.45) is 6.91. The molecule has 22 heavy (non-hydrogen) atoms. The van der Waals surface area contributed by atoms with E-state index in [9.17, 15) is 4.79 Å². The Morgan fingerprint density at radius 1 is 1.32 bits per heavy atom. The number of rotatable bonds is 5. The quantitative estimate of drug-likeness (QED) is 0.833. The molecule has 1 fully saturated rings. The van der Waals surface area contributed by atoms with Crippen molar-refractivity contribution in [2.75, 3.05) is 12.4 Å². The van der Waals surface area contributed by atoms with Crippen LogP contribution in [0.2, 0.25) is 0 Å². The van der Waals surface area contributed by atoms with Crippen molar-refractivity contribution >= 4 is 16.8 Å². The van der Waals surface area contributed by atoms with Crippen molar-refractivity contribution < 1.29 is 4.79 Å². The first-order chi connectivity index (χ1) is 10.7. The summed E-state index contributed by atoms with van der Waals surface area (Å²) >= 11 is 0. The third-order valence-corrected chi connectivity index (χ3v) is 4.76. The Hall–Kier alpha value is -1.97. The molecule has 1 saturated carbocycles. The Bertz CT molecular complexity index is 668. The van der Waals surface area contributed by atoms with E-state index >= 15 is 0 Å². The van der Waals surface area contributed by atoms with Gasteiger partial charge in [-0.15, -0.1) is 0 Å². The lowest BCUT2D eigenvalue weighted by molar-refractivity contribution is 0.0939. The highest BCUT2D eigenvalue weighted by atomic mass is 16.2. The molecule has 0 aliphatic heterocycles. The Labute approximate surface area is 131 Å². The van der Waals surface area contributed by atoms with Gasteiger partial charge in [-0.05, 0) is 36.8 Å². The first-order valence-corrected chi connectivity index (χ1v) is 8.38. The number of fused-ring (bicyclic) bond motifs is 1. The van der Waals surface area contributed by atoms with Crippen molar-refractivity contribution in [2.24, 2.45) is 5.92 Å². The second kappa shape index (κ2) is 6.42. The van der Waals surface area contributed by atoms with Gasteiger partial charge in [-0.3, -0.25) is 9.47 Å². The minimum atomic E-state index is -0.0333. The summed E-state index contributed by atoms with van der Waals surface area (Å²) in [7, 11) is 0. The van der Waals surface area contributed by atoms with Gasteiger partial charge in [0.2, 0.25) is 0 Å². The van der Waals surface area contributed by atoms with Crippen LogP contribution in [-0.2, 0) is 6.42 Å². The first kappa shape index (κ1) is 14.9. The number of aromatic nitrogens is 1. The fraction of sp³-hybridized carbons (Fsp3) is 0.500. The molecular weight excluding hydrogens is 274 g/mol. The topological polar surface area (TPSA) is 60.0 Å². The summed E-state index contributed by atoms with van der Waals surface area (Å²) in [6, 6.07) is 7.99. The average molecular weight is 299 g/mol. The van der Waals surface area contributed by atoms with Gasteiger partial charge < -0.3 is 11.2 Å². The van der Waals surface area contributed by atoms with Crippen LogP contribution < -0.4 is 11.2 Å². The van der Waals surface area contributed by atoms with Crippen LogP contribution in [0.1, 0.15) is 55.1 Å². The molecule has 2 aromatic rings. The molecule has 0 radical (unpaired) electrons. The van der Waals surface area contributed by atoms with E-state index in [1.807, 2.05) is 18.2 Å². The highest BCUT2D eigenvalue weighted by molar-refractivity contribution is 6.01. The molecule has 0 unspecified atom stereocenters. The van der Waals surface area contributed by atoms with E-state index in [1.165, 1.54) is 25.7 Å². The highest BCUT2D eigenvalue weighted by Gasteiger charge is 2.22. The van der Waals surface area contributed by atoms with Crippen LogP contribution in [0.5, 0.6) is 0 Å². The molecule has 0 spiro atoms. The van der Waals surface area contributed by atoms with Crippen LogP contribution in [0.3, 0.4) is 0 Å². The fourth-order valence-corrected chi connectivity index (χ4v) is 3.62. The molecule has 4 heteroatoms. The summed E-state index contributed by atoms with van der Waals surface area (Å²) in [5, 5.41) is 4.20. The maximum atomic E-state index is 12.7. The van der Waals surface area contributed by atoms with Gasteiger partial charge in [-0.2, -0.15) is 0 Å². The van der Waals surface area contributed by atoms with Crippen molar-refractivity contribution in [3.05, 3.63) is 35.5 Å². The second-order valence-corrected chi connectivity index (χ2v) is 6.32. The molecule has 1 aliphatic carbocycles. The number of nitrogens with two attached hydrogens (primary N) is 1. The molecule has 3 rings (SSSR count). The number of carbonyl (C=O) groups excluding carboxylic acids is 1. The Morgan fingerprint density at radius 3 is 2.77 bits per heavy atom. The van der Waals surface area contributed by atoms with Crippen molar-refractivity contribution in [1.82, 2.24) is 9.99 Å². The normalized spacial score (nSPS) is 15.5. The lowest BCUT2D eigenvalue weighted by Crippen LogP contribution is -2.32. The maximum absolute atomic E-state index is 12.7. The van der Waals surface area contributed by atoms with Gasteiger partial charge in [0.1, 0.15) is 5.69 Å². The molecule has 4 nitrogen and oxygen atoms in total. The molecule has 0 bridgehead atoms. The number of hydrogen-bond acceptors (Lipinski definition) is 2. The third-order valence-electron chi connectivity index (χ3n) is 4.76. The smallest absolute Gasteiger partial charge is 0.270 e. The van der Waals surface area contributed by atoms with Gasteiger partial charge in [-0.1, -0.05) is 44.4 Å². The van der Waals surface area contributed by atoms with Crippen LogP contribution in [0.25, 0.3) is 10.9 Å². The molecule has 1 aromatic carbocycles. The summed E-state index contributed by atoms with van der Waals surface area (Å²) in [6.45, 7) is 2.90. The molecule has 1 heterocycles. The van der Waals surface area contributed by atoms with Crippen molar-refractivity contribution in [3.63, 3.8) is 0 Å². The number of nitrogens with zero attached hydrogens (tertiary/aromatic N) is 1. The predicted octanol–water partition coefficient (Wildman–Crippen LogP) is 3.23. The molecule has 0 atom stereocenters. The standard InChI is InChI=1S/C18H25N3O/c1-2-7-15-14-10-5-6-11-16(14)21(19)17(15)18(22)20-12-13-8-3-4-9-13/h5-6,10-11,13H,2-4,7-9,12,19H2,1H3,(H,20,22). The van der Waals surface area contributed by atoms with Crippen LogP contribution in [0, 0.1) is 5.92 Å². The van der Waals surface area contributed by atoms with E-state index in [1.54, 1.807) is 4.68 Å². The summed E-state index contributed by atoms with van der Waals surface area (Å²) in [5.41, 5.74) is 2.63. The number of para-hydroxylation sites is 1. The monoisotopic (exact) mass is 299 g/mol. The van der Waals surface area contributed by atoms with E-state index in [2.05, 4.69) is 18.3 Å². The minimum Gasteiger partial charge on any atom is -0.350 e. The van der Waals surface area contributed by atoms with Crippen LogP contribution >= 0.6 is 0 Å². The molecule has 3 N–H and O–H groups in total. The number of hydrogen-bond donors (Lipinski definition) is 2. The molecule has 1 aliphatic rings. The number of nitrogens with one attached hydrogen (secondary N) is 1. The van der Waals surface area contributed by atoms with E-state index in [0.29, 0.717) is 11.6 Å². The lowest BCUT2D eigenvalue weighted by Gasteiger charge is -2.12. The Balaban J connectivity index is 1.89. The van der Waals surface area contributed by atoms with E-state index in [-0.39, 0.29) is 5.91 Å². The molecule has 0 saturated heterocycles. The number of carbonyl (C=O) groups is 1. The third kappa shape index (κ3) is 2.70. The van der Waals surface area contributed by atoms with E-state index < -0.39 is 0 Å². The first-order valence-electron chi connectivity index (χ1n) is 8.38. The van der Waals surface area contributed by atoms with Crippen LogP contribution in [-0.4, -0.2) is 17.1 Å². The molecule has 1 amide bonds. The van der Waals surface area contributed by atoms with Gasteiger partial charge in [0, 0.05) is 11.9 Å². The van der Waals surface area contributed by atoms with Gasteiger partial charge in [0.15, 0.2) is 0 Å². The second-order valence-electron chi connectivity index (χ2n) is 6.32. The summed E-state index contributed by atoms with van der Waals surface area (Å²) in [4.78, 5) is 12.7. The van der Waals surface area contributed by atoms with Gasteiger partial charge >= 0.3 is 0 Å². The zero-order valence-electron chi connectivity index (χ0n) is 13.3. The molecule has 118 valence electrons. The van der Waals surface area contributed by atoms with E-state index in [0.717, 1.165) is 35.9 Å². The van der Waals surface area contributed by atoms with Crippen molar-refractivity contribution in [1.29, 1.82) is 0 Å². The van der Waals surface area contributed by atoms with Crippen molar-refractivity contribution in [3.8, 4) is 0 Å². The number of amides is 1.